The van der Waals surface area contributed by atoms with E-state index in [0.717, 1.165) is 12.1 Å². The molecule has 0 bridgehead atoms. The smallest absolute Gasteiger partial charge is 0.159 e. The van der Waals surface area contributed by atoms with Gasteiger partial charge in [0.1, 0.15) is 16.6 Å². The van der Waals surface area contributed by atoms with Crippen LogP contribution in [0.25, 0.3) is 4.72 Å². The monoisotopic (exact) mass is 318 g/mol. The van der Waals surface area contributed by atoms with Gasteiger partial charge in [-0.25, -0.2) is 8.42 Å². The second-order valence-corrected chi connectivity index (χ2v) is 6.53. The highest BCUT2D eigenvalue weighted by molar-refractivity contribution is 7.94. The third-order valence-electron chi connectivity index (χ3n) is 3.14. The van der Waals surface area contributed by atoms with E-state index < -0.39 is 10.0 Å². The van der Waals surface area contributed by atoms with Crippen LogP contribution in [0.1, 0.15) is 22.8 Å². The first-order valence-corrected chi connectivity index (χ1v) is 8.32. The van der Waals surface area contributed by atoms with Crippen LogP contribution in [0.4, 0.5) is 5.69 Å². The predicted octanol–water partition coefficient (Wildman–Crippen LogP) is 1.98. The first-order chi connectivity index (χ1) is 10.4. The Hall–Kier alpha value is -2.18. The molecule has 2 N–H and O–H groups in total. The Bertz CT molecular complexity index is 768. The van der Waals surface area contributed by atoms with Gasteiger partial charge in [-0.3, -0.25) is 4.79 Å². The van der Waals surface area contributed by atoms with Gasteiger partial charge in [-0.05, 0) is 19.1 Å². The van der Waals surface area contributed by atoms with Crippen molar-refractivity contribution in [3.8, 4) is 0 Å². The summed E-state index contributed by atoms with van der Waals surface area (Å²) in [5, 5.41) is 2.00. The number of nitrogens with zero attached hydrogens (tertiary/aromatic N) is 1. The summed E-state index contributed by atoms with van der Waals surface area (Å²) in [5.41, 5.74) is 1.73. The van der Waals surface area contributed by atoms with E-state index in [1.165, 1.54) is 13.0 Å². The molecule has 0 fully saturated rings. The highest BCUT2D eigenvalue weighted by Crippen LogP contribution is 2.28. The summed E-state index contributed by atoms with van der Waals surface area (Å²) in [6, 6.07) is 12.9. The second kappa shape index (κ2) is 6.72. The van der Waals surface area contributed by atoms with Crippen LogP contribution >= 0.6 is 0 Å². The molecule has 0 amide bonds. The van der Waals surface area contributed by atoms with Gasteiger partial charge in [0.05, 0.1) is 11.9 Å². The molecule has 0 unspecified atom stereocenters. The van der Waals surface area contributed by atoms with E-state index in [1.54, 1.807) is 42.5 Å². The van der Waals surface area contributed by atoms with E-state index in [2.05, 4.69) is 4.72 Å². The van der Waals surface area contributed by atoms with Crippen molar-refractivity contribution in [2.45, 2.75) is 18.4 Å². The summed E-state index contributed by atoms with van der Waals surface area (Å²) in [5.74, 6) is -0.130. The minimum atomic E-state index is -3.78. The van der Waals surface area contributed by atoms with Gasteiger partial charge in [0.2, 0.25) is 0 Å². The number of rotatable bonds is 6. The van der Waals surface area contributed by atoms with E-state index in [-0.39, 0.29) is 16.4 Å². The van der Waals surface area contributed by atoms with E-state index in [9.17, 15) is 13.2 Å². The fourth-order valence-electron chi connectivity index (χ4n) is 2.01. The lowest BCUT2D eigenvalue weighted by Crippen LogP contribution is -2.77. The first-order valence-electron chi connectivity index (χ1n) is 6.88. The highest BCUT2D eigenvalue weighted by atomic mass is 32.2. The van der Waals surface area contributed by atoms with Crippen LogP contribution in [0.3, 0.4) is 0 Å². The van der Waals surface area contributed by atoms with Gasteiger partial charge in [-0.2, -0.15) is 0 Å². The molecule has 2 aromatic carbocycles. The summed E-state index contributed by atoms with van der Waals surface area (Å²) >= 11 is 0. The van der Waals surface area contributed by atoms with E-state index in [0.29, 0.717) is 5.56 Å². The lowest BCUT2D eigenvalue weighted by molar-refractivity contribution is -0.643. The van der Waals surface area contributed by atoms with Gasteiger partial charge >= 0.3 is 0 Å². The molecule has 116 valence electrons. The van der Waals surface area contributed by atoms with E-state index >= 15 is 0 Å². The van der Waals surface area contributed by atoms with Crippen molar-refractivity contribution in [2.24, 2.45) is 0 Å². The van der Waals surface area contributed by atoms with Gasteiger partial charge in [-0.1, -0.05) is 36.4 Å². The van der Waals surface area contributed by atoms with Crippen LogP contribution in [-0.2, 0) is 16.6 Å². The predicted molar refractivity (Wildman–Crippen MR) is 84.6 cm³/mol. The number of ketones is 1. The molecule has 0 aromatic heterocycles. The topological polar surface area (TPSA) is 81.9 Å². The average molecular weight is 318 g/mol. The Morgan fingerprint density at radius 3 is 2.41 bits per heavy atom. The van der Waals surface area contributed by atoms with Crippen LogP contribution < -0.4 is 5.32 Å². The Balaban J connectivity index is 2.23. The largest absolute Gasteiger partial charge is 0.573 e. The minimum Gasteiger partial charge on any atom is -0.573 e. The van der Waals surface area contributed by atoms with E-state index in [4.69, 9.17) is 0 Å². The molecule has 0 spiro atoms. The van der Waals surface area contributed by atoms with Gasteiger partial charge in [-0.15, -0.1) is 5.69 Å². The maximum absolute atomic E-state index is 12.3. The zero-order valence-corrected chi connectivity index (χ0v) is 13.3. The fraction of sp³-hybridized carbons (Fsp3) is 0.188. The Labute approximate surface area is 130 Å². The number of hydrogen-bond donors (Lipinski definition) is 1. The van der Waals surface area contributed by atoms with Crippen molar-refractivity contribution in [1.29, 1.82) is 0 Å². The first kappa shape index (κ1) is 16.2. The molecule has 0 atom stereocenters. The van der Waals surface area contributed by atoms with Gasteiger partial charge in [0.15, 0.2) is 5.78 Å². The molecule has 0 saturated heterocycles. The van der Waals surface area contributed by atoms with Gasteiger partial charge in [0.25, 0.3) is 0 Å². The quantitative estimate of drug-likeness (QED) is 0.827. The number of Topliss-reactive ketones (excluding diaryl/α,β-unsaturated/α-hetero) is 1. The maximum atomic E-state index is 12.3. The Morgan fingerprint density at radius 1 is 1.14 bits per heavy atom. The summed E-state index contributed by atoms with van der Waals surface area (Å²) in [6.07, 6.45) is 0. The third-order valence-corrected chi connectivity index (χ3v) is 4.46. The average Bonchev–Trinajstić information content (AvgIpc) is 2.48. The number of benzene rings is 2. The summed E-state index contributed by atoms with van der Waals surface area (Å²) in [6.45, 7) is 2.22. The molecular weight excluding hydrogens is 300 g/mol. The molecule has 0 saturated carbocycles. The molecule has 6 heteroatoms. The van der Waals surface area contributed by atoms with Gasteiger partial charge in [0, 0.05) is 11.1 Å². The number of carbonyl (C=O) groups excluding carboxylic acids is 1. The van der Waals surface area contributed by atoms with Crippen molar-refractivity contribution in [1.82, 2.24) is 0 Å². The van der Waals surface area contributed by atoms with Crippen LogP contribution in [0.5, 0.6) is 0 Å². The molecule has 0 radical (unpaired) electrons. The summed E-state index contributed by atoms with van der Waals surface area (Å²) in [7, 11) is -1.84. The van der Waals surface area contributed by atoms with Crippen LogP contribution in [0.15, 0.2) is 53.4 Å². The number of sulfonamides is 1. The van der Waals surface area contributed by atoms with Crippen molar-refractivity contribution >= 4 is 21.5 Å². The van der Waals surface area contributed by atoms with Crippen molar-refractivity contribution in [2.75, 3.05) is 7.05 Å². The zero-order chi connectivity index (χ0) is 16.2. The molecule has 0 heterocycles. The third kappa shape index (κ3) is 3.93. The molecule has 0 aliphatic heterocycles. The summed E-state index contributed by atoms with van der Waals surface area (Å²) in [4.78, 5) is 11.5. The molecule has 2 rings (SSSR count). The van der Waals surface area contributed by atoms with Crippen LogP contribution in [0, 0.1) is 0 Å². The number of quaternary nitrogens is 1. The second-order valence-electron chi connectivity index (χ2n) is 4.93. The minimum absolute atomic E-state index is 0.130. The SMILES string of the molecule is C[NH2+]Cc1ccc(S(=O)(=O)[N-]c2cccc(C(C)=O)c2)cc1. The maximum Gasteiger partial charge on any atom is 0.159 e. The van der Waals surface area contributed by atoms with Crippen LogP contribution in [-0.4, -0.2) is 21.2 Å². The lowest BCUT2D eigenvalue weighted by atomic mass is 10.1. The van der Waals surface area contributed by atoms with Crippen molar-refractivity contribution in [3.63, 3.8) is 0 Å². The lowest BCUT2D eigenvalue weighted by Gasteiger charge is -2.22. The number of hydrogen-bond acceptors (Lipinski definition) is 3. The van der Waals surface area contributed by atoms with Crippen molar-refractivity contribution in [3.05, 3.63) is 64.4 Å². The standard InChI is InChI=1S/C16H17N2O3S/c1-12(19)14-4-3-5-15(10-14)18-22(20,21)16-8-6-13(7-9-16)11-17-2/h3-10,17H,11H2,1-2H3/q-1/p+1. The molecule has 5 nitrogen and oxygen atoms in total. The van der Waals surface area contributed by atoms with Crippen molar-refractivity contribution < 1.29 is 18.5 Å². The molecular formula is C16H18N2O3S. The van der Waals surface area contributed by atoms with E-state index in [1.807, 2.05) is 12.4 Å². The normalized spacial score (nSPS) is 11.2. The number of nitrogens with two attached hydrogens (primary N) is 1. The molecule has 2 aromatic rings. The molecule has 22 heavy (non-hydrogen) atoms. The fourth-order valence-corrected chi connectivity index (χ4v) is 2.98. The Kier molecular flexibility index (Phi) is 4.95. The molecule has 0 aliphatic carbocycles. The Morgan fingerprint density at radius 2 is 1.82 bits per heavy atom. The van der Waals surface area contributed by atoms with Crippen LogP contribution in [0.2, 0.25) is 0 Å². The zero-order valence-electron chi connectivity index (χ0n) is 12.5. The van der Waals surface area contributed by atoms with Gasteiger partial charge < -0.3 is 10.0 Å². The molecule has 0 aliphatic rings. The number of carbonyl (C=O) groups is 1. The highest BCUT2D eigenvalue weighted by Gasteiger charge is 2.06. The summed E-state index contributed by atoms with van der Waals surface area (Å²) < 4.78 is 28.4.